The minimum absolute atomic E-state index is 0.129. The average molecular weight is 301 g/mol. The van der Waals surface area contributed by atoms with Gasteiger partial charge in [-0.15, -0.1) is 0 Å². The lowest BCUT2D eigenvalue weighted by molar-refractivity contribution is -0.114. The van der Waals surface area contributed by atoms with Crippen LogP contribution in [0.15, 0.2) is 24.4 Å². The first kappa shape index (κ1) is 16.2. The fraction of sp³-hybridized carbons (Fsp3) is 0.412. The van der Waals surface area contributed by atoms with Gasteiger partial charge in [0.05, 0.1) is 18.3 Å². The van der Waals surface area contributed by atoms with Gasteiger partial charge in [0.15, 0.2) is 0 Å². The Kier molecular flexibility index (Phi) is 5.33. The van der Waals surface area contributed by atoms with Crippen LogP contribution in [0.5, 0.6) is 5.75 Å². The molecule has 1 heterocycles. The number of nitrogens with zero attached hydrogens (tertiary/aromatic N) is 2. The van der Waals surface area contributed by atoms with Crippen LogP contribution in [-0.4, -0.2) is 36.0 Å². The molecule has 0 bridgehead atoms. The number of fused-ring (bicyclic) bond motifs is 1. The standard InChI is InChI=1S/C17H23N3O2/c1-5-20(6-2)11-13-7-14-8-17(22-4)16(19-12(3)21)9-15(14)18-10-13/h7-10H,5-6,11H2,1-4H3,(H,19,21). The number of rotatable bonds is 6. The lowest BCUT2D eigenvalue weighted by Gasteiger charge is -2.18. The van der Waals surface area contributed by atoms with Crippen LogP contribution in [0, 0.1) is 0 Å². The van der Waals surface area contributed by atoms with E-state index in [1.807, 2.05) is 18.3 Å². The Morgan fingerprint density at radius 3 is 2.59 bits per heavy atom. The summed E-state index contributed by atoms with van der Waals surface area (Å²) in [7, 11) is 1.60. The van der Waals surface area contributed by atoms with Crippen LogP contribution in [0.25, 0.3) is 10.9 Å². The first-order chi connectivity index (χ1) is 10.6. The molecule has 5 nitrogen and oxygen atoms in total. The van der Waals surface area contributed by atoms with E-state index in [2.05, 4.69) is 35.1 Å². The molecular weight excluding hydrogens is 278 g/mol. The highest BCUT2D eigenvalue weighted by Crippen LogP contribution is 2.30. The number of benzene rings is 1. The quantitative estimate of drug-likeness (QED) is 0.891. The third-order valence-corrected chi connectivity index (χ3v) is 3.67. The minimum atomic E-state index is -0.129. The molecule has 0 unspecified atom stereocenters. The molecule has 0 radical (unpaired) electrons. The largest absolute Gasteiger partial charge is 0.495 e. The zero-order chi connectivity index (χ0) is 16.1. The van der Waals surface area contributed by atoms with E-state index in [0.717, 1.165) is 30.5 Å². The van der Waals surface area contributed by atoms with E-state index < -0.39 is 0 Å². The Morgan fingerprint density at radius 1 is 1.27 bits per heavy atom. The average Bonchev–Trinajstić information content (AvgIpc) is 2.51. The Labute approximate surface area is 131 Å². The molecule has 0 saturated carbocycles. The number of amides is 1. The van der Waals surface area contributed by atoms with Crippen molar-refractivity contribution in [3.8, 4) is 5.75 Å². The van der Waals surface area contributed by atoms with Gasteiger partial charge >= 0.3 is 0 Å². The van der Waals surface area contributed by atoms with Crippen LogP contribution in [0.3, 0.4) is 0 Å². The molecule has 2 aromatic rings. The van der Waals surface area contributed by atoms with Gasteiger partial charge in [-0.05, 0) is 36.9 Å². The maximum atomic E-state index is 11.3. The van der Waals surface area contributed by atoms with Gasteiger partial charge in [-0.1, -0.05) is 13.8 Å². The van der Waals surface area contributed by atoms with Gasteiger partial charge in [-0.3, -0.25) is 14.7 Å². The molecule has 0 aliphatic rings. The number of carbonyl (C=O) groups is 1. The van der Waals surface area contributed by atoms with Crippen LogP contribution in [0.1, 0.15) is 26.3 Å². The van der Waals surface area contributed by atoms with E-state index in [1.54, 1.807) is 7.11 Å². The summed E-state index contributed by atoms with van der Waals surface area (Å²) in [5, 5.41) is 3.78. The van der Waals surface area contributed by atoms with Gasteiger partial charge in [0.2, 0.25) is 5.91 Å². The fourth-order valence-electron chi connectivity index (χ4n) is 2.45. The first-order valence-electron chi connectivity index (χ1n) is 7.54. The minimum Gasteiger partial charge on any atom is -0.495 e. The van der Waals surface area contributed by atoms with Gasteiger partial charge in [0.25, 0.3) is 0 Å². The molecule has 0 aliphatic carbocycles. The summed E-state index contributed by atoms with van der Waals surface area (Å²) < 4.78 is 5.36. The van der Waals surface area contributed by atoms with Crippen molar-refractivity contribution in [2.75, 3.05) is 25.5 Å². The number of aromatic nitrogens is 1. The second kappa shape index (κ2) is 7.22. The molecule has 2 rings (SSSR count). The number of hydrogen-bond donors (Lipinski definition) is 1. The number of ether oxygens (including phenoxy) is 1. The zero-order valence-corrected chi connectivity index (χ0v) is 13.6. The van der Waals surface area contributed by atoms with E-state index in [0.29, 0.717) is 11.4 Å². The summed E-state index contributed by atoms with van der Waals surface area (Å²) in [5.41, 5.74) is 2.66. The molecule has 0 aliphatic heterocycles. The molecule has 0 fully saturated rings. The molecule has 1 aromatic heterocycles. The van der Waals surface area contributed by atoms with Gasteiger partial charge in [0, 0.05) is 25.1 Å². The molecule has 118 valence electrons. The van der Waals surface area contributed by atoms with Gasteiger partial charge in [-0.25, -0.2) is 0 Å². The van der Waals surface area contributed by atoms with E-state index in [4.69, 9.17) is 4.74 Å². The van der Waals surface area contributed by atoms with Crippen molar-refractivity contribution in [1.29, 1.82) is 0 Å². The van der Waals surface area contributed by atoms with E-state index in [-0.39, 0.29) is 5.91 Å². The maximum absolute atomic E-state index is 11.3. The molecule has 0 atom stereocenters. The number of pyridine rings is 1. The Morgan fingerprint density at radius 2 is 2.00 bits per heavy atom. The summed E-state index contributed by atoms with van der Waals surface area (Å²) in [6.45, 7) is 8.69. The van der Waals surface area contributed by atoms with E-state index in [9.17, 15) is 4.79 Å². The van der Waals surface area contributed by atoms with Crippen LogP contribution >= 0.6 is 0 Å². The number of carbonyl (C=O) groups excluding carboxylic acids is 1. The highest BCUT2D eigenvalue weighted by molar-refractivity contribution is 5.94. The first-order valence-corrected chi connectivity index (χ1v) is 7.54. The van der Waals surface area contributed by atoms with Crippen molar-refractivity contribution in [2.45, 2.75) is 27.3 Å². The normalized spacial score (nSPS) is 11.0. The Balaban J connectivity index is 2.38. The molecule has 5 heteroatoms. The molecule has 22 heavy (non-hydrogen) atoms. The van der Waals surface area contributed by atoms with Crippen molar-refractivity contribution >= 4 is 22.5 Å². The van der Waals surface area contributed by atoms with Crippen molar-refractivity contribution < 1.29 is 9.53 Å². The molecule has 1 N–H and O–H groups in total. The highest BCUT2D eigenvalue weighted by atomic mass is 16.5. The summed E-state index contributed by atoms with van der Waals surface area (Å²) in [6, 6.07) is 5.89. The van der Waals surface area contributed by atoms with Crippen molar-refractivity contribution in [3.63, 3.8) is 0 Å². The second-order valence-corrected chi connectivity index (χ2v) is 5.23. The Bertz CT molecular complexity index is 666. The number of nitrogens with one attached hydrogen (secondary N) is 1. The summed E-state index contributed by atoms with van der Waals surface area (Å²) in [6.07, 6.45) is 1.89. The third kappa shape index (κ3) is 3.74. The van der Waals surface area contributed by atoms with Crippen molar-refractivity contribution in [1.82, 2.24) is 9.88 Å². The summed E-state index contributed by atoms with van der Waals surface area (Å²) in [4.78, 5) is 18.1. The van der Waals surface area contributed by atoms with Crippen LogP contribution in [0.4, 0.5) is 5.69 Å². The van der Waals surface area contributed by atoms with Crippen molar-refractivity contribution in [3.05, 3.63) is 30.0 Å². The van der Waals surface area contributed by atoms with Crippen LogP contribution < -0.4 is 10.1 Å². The third-order valence-electron chi connectivity index (χ3n) is 3.67. The predicted octanol–water partition coefficient (Wildman–Crippen LogP) is 3.04. The lowest BCUT2D eigenvalue weighted by atomic mass is 10.1. The van der Waals surface area contributed by atoms with Gasteiger partial charge in [-0.2, -0.15) is 0 Å². The number of hydrogen-bond acceptors (Lipinski definition) is 4. The molecule has 0 spiro atoms. The number of anilines is 1. The lowest BCUT2D eigenvalue weighted by Crippen LogP contribution is -2.22. The Hall–Kier alpha value is -2.14. The fourth-order valence-corrected chi connectivity index (χ4v) is 2.45. The maximum Gasteiger partial charge on any atom is 0.221 e. The molecule has 0 saturated heterocycles. The van der Waals surface area contributed by atoms with Gasteiger partial charge < -0.3 is 10.1 Å². The molecule has 1 aromatic carbocycles. The van der Waals surface area contributed by atoms with E-state index >= 15 is 0 Å². The van der Waals surface area contributed by atoms with Gasteiger partial charge in [0.1, 0.15) is 5.75 Å². The smallest absolute Gasteiger partial charge is 0.221 e. The van der Waals surface area contributed by atoms with E-state index in [1.165, 1.54) is 12.5 Å². The number of methoxy groups -OCH3 is 1. The SMILES string of the molecule is CCN(CC)Cc1cnc2cc(NC(C)=O)c(OC)cc2c1. The second-order valence-electron chi connectivity index (χ2n) is 5.23. The zero-order valence-electron chi connectivity index (χ0n) is 13.6. The van der Waals surface area contributed by atoms with Crippen molar-refractivity contribution in [2.24, 2.45) is 0 Å². The highest BCUT2D eigenvalue weighted by Gasteiger charge is 2.09. The topological polar surface area (TPSA) is 54.5 Å². The molecule has 1 amide bonds. The molecular formula is C17H23N3O2. The summed E-state index contributed by atoms with van der Waals surface area (Å²) in [5.74, 6) is 0.514. The van der Waals surface area contributed by atoms with Crippen LogP contribution in [0.2, 0.25) is 0 Å². The van der Waals surface area contributed by atoms with Crippen LogP contribution in [-0.2, 0) is 11.3 Å². The summed E-state index contributed by atoms with van der Waals surface area (Å²) >= 11 is 0. The monoisotopic (exact) mass is 301 g/mol. The predicted molar refractivity (Wildman–Crippen MR) is 89.2 cm³/mol.